The van der Waals surface area contributed by atoms with E-state index in [1.165, 1.54) is 0 Å². The smallest absolute Gasteiger partial charge is 0.251 e. The first-order valence-corrected chi connectivity index (χ1v) is 13.5. The van der Waals surface area contributed by atoms with Gasteiger partial charge in [0.2, 0.25) is 0 Å². The Kier molecular flexibility index (Phi) is 9.84. The maximum atomic E-state index is 13.3. The molecule has 6 heteroatoms. The quantitative estimate of drug-likeness (QED) is 0.228. The third kappa shape index (κ3) is 7.44. The zero-order valence-corrected chi connectivity index (χ0v) is 22.8. The molecule has 0 saturated carbocycles. The van der Waals surface area contributed by atoms with E-state index in [1.807, 2.05) is 98.8 Å². The van der Waals surface area contributed by atoms with Gasteiger partial charge in [-0.25, -0.2) is 0 Å². The predicted molar refractivity (Wildman–Crippen MR) is 157 cm³/mol. The van der Waals surface area contributed by atoms with Gasteiger partial charge in [-0.15, -0.1) is 0 Å². The van der Waals surface area contributed by atoms with Gasteiger partial charge < -0.3 is 20.8 Å². The highest BCUT2D eigenvalue weighted by Gasteiger charge is 2.35. The number of rotatable bonds is 11. The van der Waals surface area contributed by atoms with Crippen molar-refractivity contribution in [3.8, 4) is 0 Å². The van der Waals surface area contributed by atoms with E-state index in [0.717, 1.165) is 22.3 Å². The molecule has 4 aromatic carbocycles. The molecule has 0 heterocycles. The zero-order chi connectivity index (χ0) is 28.5. The van der Waals surface area contributed by atoms with Crippen LogP contribution in [0.15, 0.2) is 109 Å². The van der Waals surface area contributed by atoms with Gasteiger partial charge in [0.1, 0.15) is 12.2 Å². The van der Waals surface area contributed by atoms with E-state index >= 15 is 0 Å². The first-order chi connectivity index (χ1) is 19.3. The molecule has 0 aliphatic carbocycles. The summed E-state index contributed by atoms with van der Waals surface area (Å²) in [6, 6.07) is 31.8. The van der Waals surface area contributed by atoms with Crippen molar-refractivity contribution in [3.63, 3.8) is 0 Å². The number of carbonyl (C=O) groups excluding carboxylic acids is 2. The second-order valence-corrected chi connectivity index (χ2v) is 10.2. The zero-order valence-electron chi connectivity index (χ0n) is 22.8. The third-order valence-corrected chi connectivity index (χ3v) is 7.18. The normalized spacial score (nSPS) is 14.0. The first kappa shape index (κ1) is 28.7. The minimum absolute atomic E-state index is 0.292. The molecule has 0 aromatic heterocycles. The van der Waals surface area contributed by atoms with Crippen molar-refractivity contribution < 1.29 is 19.8 Å². The lowest BCUT2D eigenvalue weighted by molar-refractivity contribution is -0.0219. The second kappa shape index (κ2) is 13.7. The Labute approximate surface area is 235 Å². The van der Waals surface area contributed by atoms with Gasteiger partial charge in [0.05, 0.1) is 12.1 Å². The molecule has 0 unspecified atom stereocenters. The van der Waals surface area contributed by atoms with Crippen molar-refractivity contribution in [2.75, 3.05) is 0 Å². The van der Waals surface area contributed by atoms with Crippen LogP contribution in [0.3, 0.4) is 0 Å². The Hall–Kier alpha value is -4.26. The topological polar surface area (TPSA) is 98.7 Å². The number of hydrogen-bond donors (Lipinski definition) is 4. The molecule has 0 spiro atoms. The van der Waals surface area contributed by atoms with E-state index < -0.39 is 24.3 Å². The summed E-state index contributed by atoms with van der Waals surface area (Å²) >= 11 is 0. The van der Waals surface area contributed by atoms with Crippen molar-refractivity contribution in [2.45, 2.75) is 51.0 Å². The molecule has 0 fully saturated rings. The summed E-state index contributed by atoms with van der Waals surface area (Å²) < 4.78 is 0. The summed E-state index contributed by atoms with van der Waals surface area (Å²) in [6.07, 6.45) is -2.17. The van der Waals surface area contributed by atoms with Crippen LogP contribution in [0.4, 0.5) is 0 Å². The lowest BCUT2D eigenvalue weighted by atomic mass is 9.90. The average molecular weight is 537 g/mol. The van der Waals surface area contributed by atoms with Crippen molar-refractivity contribution in [2.24, 2.45) is 0 Å². The third-order valence-electron chi connectivity index (χ3n) is 7.18. The molecule has 6 nitrogen and oxygen atoms in total. The van der Waals surface area contributed by atoms with Gasteiger partial charge in [-0.3, -0.25) is 9.59 Å². The van der Waals surface area contributed by atoms with E-state index in [2.05, 4.69) is 10.6 Å². The standard InChI is InChI=1S/C34H36N2O4/c1-23-13-9-11-19-27(23)33(39)35-29(21-25-15-5-3-6-16-25)31(37)32(38)30(22-26-17-7-4-8-18-26)36-34(40)28-20-12-10-14-24(28)2/h3-20,29-32,37-38H,21-22H2,1-2H3,(H,35,39)(H,36,40)/t29-,30-,31-,32+/m0/s1. The molecular formula is C34H36N2O4. The fraction of sp³-hybridized carbons (Fsp3) is 0.235. The maximum absolute atomic E-state index is 13.3. The molecule has 4 atom stereocenters. The Balaban J connectivity index is 1.62. The van der Waals surface area contributed by atoms with Crippen LogP contribution >= 0.6 is 0 Å². The maximum Gasteiger partial charge on any atom is 0.251 e. The number of benzene rings is 4. The number of aliphatic hydroxyl groups is 2. The van der Waals surface area contributed by atoms with E-state index in [1.54, 1.807) is 24.3 Å². The number of aryl methyl sites for hydroxylation is 2. The van der Waals surface area contributed by atoms with Gasteiger partial charge in [0.25, 0.3) is 11.8 Å². The molecule has 2 amide bonds. The molecule has 4 N–H and O–H groups in total. The SMILES string of the molecule is Cc1ccccc1C(=O)N[C@@H](Cc1ccccc1)[C@H](O)[C@H](O)[C@H](Cc1ccccc1)NC(=O)c1ccccc1C. The predicted octanol–water partition coefficient (Wildman–Crippen LogP) is 4.41. The Bertz CT molecular complexity index is 1300. The Morgan fingerprint density at radius 1 is 0.550 bits per heavy atom. The van der Waals surface area contributed by atoms with Gasteiger partial charge in [0, 0.05) is 11.1 Å². The number of hydrogen-bond acceptors (Lipinski definition) is 4. The molecule has 4 rings (SSSR count). The van der Waals surface area contributed by atoms with Crippen molar-refractivity contribution in [1.82, 2.24) is 10.6 Å². The van der Waals surface area contributed by atoms with E-state index in [-0.39, 0.29) is 11.8 Å². The first-order valence-electron chi connectivity index (χ1n) is 13.5. The van der Waals surface area contributed by atoms with Crippen LogP contribution in [0.5, 0.6) is 0 Å². The summed E-state index contributed by atoms with van der Waals surface area (Å²) in [5.41, 5.74) is 4.40. The van der Waals surface area contributed by atoms with Crippen LogP contribution in [0.1, 0.15) is 43.0 Å². The van der Waals surface area contributed by atoms with Crippen LogP contribution in [-0.2, 0) is 12.8 Å². The summed E-state index contributed by atoms with van der Waals surface area (Å²) in [6.45, 7) is 3.70. The summed E-state index contributed by atoms with van der Waals surface area (Å²) in [5.74, 6) is -0.678. The van der Waals surface area contributed by atoms with Crippen molar-refractivity contribution in [1.29, 1.82) is 0 Å². The molecule has 206 valence electrons. The van der Waals surface area contributed by atoms with E-state index in [9.17, 15) is 19.8 Å². The van der Waals surface area contributed by atoms with Crippen LogP contribution in [0.25, 0.3) is 0 Å². The molecular weight excluding hydrogens is 500 g/mol. The van der Waals surface area contributed by atoms with Crippen LogP contribution in [-0.4, -0.2) is 46.3 Å². The molecule has 0 radical (unpaired) electrons. The Morgan fingerprint density at radius 2 is 0.875 bits per heavy atom. The van der Waals surface area contributed by atoms with Gasteiger partial charge in [0.15, 0.2) is 0 Å². The van der Waals surface area contributed by atoms with Crippen LogP contribution in [0, 0.1) is 13.8 Å². The number of amides is 2. The van der Waals surface area contributed by atoms with E-state index in [0.29, 0.717) is 24.0 Å². The summed E-state index contributed by atoms with van der Waals surface area (Å²) in [7, 11) is 0. The van der Waals surface area contributed by atoms with Gasteiger partial charge in [-0.2, -0.15) is 0 Å². The number of nitrogens with one attached hydrogen (secondary N) is 2. The second-order valence-electron chi connectivity index (χ2n) is 10.2. The molecule has 0 aliphatic rings. The molecule has 4 aromatic rings. The van der Waals surface area contributed by atoms with Crippen molar-refractivity contribution in [3.05, 3.63) is 143 Å². The lowest BCUT2D eigenvalue weighted by Gasteiger charge is -2.33. The summed E-state index contributed by atoms with van der Waals surface area (Å²) in [5, 5.41) is 29.1. The number of aliphatic hydroxyl groups excluding tert-OH is 2. The monoisotopic (exact) mass is 536 g/mol. The molecule has 40 heavy (non-hydrogen) atoms. The average Bonchev–Trinajstić information content (AvgIpc) is 2.97. The molecule has 0 saturated heterocycles. The fourth-order valence-electron chi connectivity index (χ4n) is 4.87. The minimum Gasteiger partial charge on any atom is -0.388 e. The fourth-order valence-corrected chi connectivity index (χ4v) is 4.87. The molecule has 0 aliphatic heterocycles. The van der Waals surface area contributed by atoms with Gasteiger partial charge >= 0.3 is 0 Å². The Morgan fingerprint density at radius 3 is 1.23 bits per heavy atom. The molecule has 0 bridgehead atoms. The van der Waals surface area contributed by atoms with E-state index in [4.69, 9.17) is 0 Å². The van der Waals surface area contributed by atoms with Crippen LogP contribution < -0.4 is 10.6 Å². The van der Waals surface area contributed by atoms with Crippen molar-refractivity contribution >= 4 is 11.8 Å². The van der Waals surface area contributed by atoms with Crippen LogP contribution in [0.2, 0.25) is 0 Å². The minimum atomic E-state index is -1.38. The van der Waals surface area contributed by atoms with Gasteiger partial charge in [-0.1, -0.05) is 97.1 Å². The number of carbonyl (C=O) groups is 2. The van der Waals surface area contributed by atoms with Gasteiger partial charge in [-0.05, 0) is 61.1 Å². The highest BCUT2D eigenvalue weighted by atomic mass is 16.3. The highest BCUT2D eigenvalue weighted by Crippen LogP contribution is 2.17. The highest BCUT2D eigenvalue weighted by molar-refractivity contribution is 5.96. The largest absolute Gasteiger partial charge is 0.388 e. The lowest BCUT2D eigenvalue weighted by Crippen LogP contribution is -2.57. The summed E-state index contributed by atoms with van der Waals surface area (Å²) in [4.78, 5) is 26.6.